The second-order valence-corrected chi connectivity index (χ2v) is 13.1. The lowest BCUT2D eigenvalue weighted by atomic mass is 10.0. The van der Waals surface area contributed by atoms with Crippen molar-refractivity contribution in [2.24, 2.45) is 10.3 Å². The summed E-state index contributed by atoms with van der Waals surface area (Å²) >= 11 is 0. The average molecular weight is 587 g/mol. The van der Waals surface area contributed by atoms with Crippen LogP contribution in [0.5, 0.6) is 5.75 Å². The van der Waals surface area contributed by atoms with Crippen molar-refractivity contribution < 1.29 is 27.7 Å². The minimum atomic E-state index is -3.01. The predicted molar refractivity (Wildman–Crippen MR) is 155 cm³/mol. The molecule has 3 aromatic rings. The van der Waals surface area contributed by atoms with Crippen LogP contribution in [-0.2, 0) is 25.0 Å². The Balaban J connectivity index is 1.77. The fourth-order valence-corrected chi connectivity index (χ4v) is 5.10. The maximum absolute atomic E-state index is 13.6. The van der Waals surface area contributed by atoms with Gasteiger partial charge >= 0.3 is 6.09 Å². The molecule has 0 fully saturated rings. The Hall–Kier alpha value is -4.13. The van der Waals surface area contributed by atoms with E-state index in [-0.39, 0.29) is 29.2 Å². The Morgan fingerprint density at radius 1 is 1.12 bits per heavy atom. The summed E-state index contributed by atoms with van der Waals surface area (Å²) in [5.74, 6) is -0.673. The van der Waals surface area contributed by atoms with Crippen LogP contribution in [0, 0.1) is 11.7 Å². The van der Waals surface area contributed by atoms with Crippen molar-refractivity contribution in [1.29, 1.82) is 0 Å². The number of nitrogens with one attached hydrogen (secondary N) is 2. The van der Waals surface area contributed by atoms with E-state index in [2.05, 4.69) is 29.9 Å². The number of benzene rings is 2. The summed E-state index contributed by atoms with van der Waals surface area (Å²) in [7, 11) is -1.58. The number of nitrogens with zero attached hydrogens (tertiary/aromatic N) is 4. The molecule has 0 aliphatic heterocycles. The highest BCUT2D eigenvalue weighted by molar-refractivity contribution is 7.92. The van der Waals surface area contributed by atoms with Crippen LogP contribution in [0.1, 0.15) is 40.2 Å². The number of amides is 2. The van der Waals surface area contributed by atoms with Crippen LogP contribution < -0.4 is 15.4 Å². The number of alkyl carbamates (subject to hydrolysis) is 1. The van der Waals surface area contributed by atoms with E-state index in [4.69, 9.17) is 9.47 Å². The fraction of sp³-hybridized carbons (Fsp3) is 0.393. The van der Waals surface area contributed by atoms with Gasteiger partial charge in [-0.05, 0) is 56.5 Å². The van der Waals surface area contributed by atoms with E-state index in [9.17, 15) is 18.2 Å². The molecule has 13 heteroatoms. The summed E-state index contributed by atoms with van der Waals surface area (Å²) < 4.78 is 41.4. The third kappa shape index (κ3) is 9.48. The molecule has 2 N–H and O–H groups in total. The Morgan fingerprint density at radius 3 is 2.51 bits per heavy atom. The number of halogens is 1. The standard InChI is InChI=1S/C28H35FN6O5S/c1-17(2)23(33-27(37)40-28(3,4)5)25(36)35-41(7,38)15-18-9-8-10-20(13-18)32-26-31-16-30-24(34-26)21-12-11-19(29)14-22(21)39-6/h8-14,16-17,23H,15H2,1-7H3,(H,33,37)(H,30,31,32,34). The van der Waals surface area contributed by atoms with E-state index >= 15 is 0 Å². The van der Waals surface area contributed by atoms with Crippen LogP contribution in [0.15, 0.2) is 53.2 Å². The van der Waals surface area contributed by atoms with Crippen LogP contribution in [0.25, 0.3) is 11.4 Å². The molecular weight excluding hydrogens is 551 g/mol. The van der Waals surface area contributed by atoms with Gasteiger partial charge in [-0.2, -0.15) is 9.35 Å². The topological polar surface area (TPSA) is 145 Å². The number of rotatable bonds is 9. The minimum absolute atomic E-state index is 0.0132. The Kier molecular flexibility index (Phi) is 9.97. The van der Waals surface area contributed by atoms with Gasteiger partial charge in [-0.25, -0.2) is 23.4 Å². The summed E-state index contributed by atoms with van der Waals surface area (Å²) in [6.07, 6.45) is 1.96. The maximum Gasteiger partial charge on any atom is 0.408 e. The first kappa shape index (κ1) is 31.4. The number of hydrogen-bond donors (Lipinski definition) is 2. The highest BCUT2D eigenvalue weighted by Crippen LogP contribution is 2.28. The summed E-state index contributed by atoms with van der Waals surface area (Å²) in [6, 6.07) is 10.1. The molecule has 2 aromatic carbocycles. The number of ether oxygens (including phenoxy) is 2. The van der Waals surface area contributed by atoms with Crippen molar-refractivity contribution in [2.75, 3.05) is 18.7 Å². The van der Waals surface area contributed by atoms with E-state index < -0.39 is 39.2 Å². The molecule has 11 nitrogen and oxygen atoms in total. The first-order valence-electron chi connectivity index (χ1n) is 12.8. The number of methoxy groups -OCH3 is 1. The Labute approximate surface area is 239 Å². The van der Waals surface area contributed by atoms with Crippen molar-refractivity contribution in [3.63, 3.8) is 0 Å². The monoisotopic (exact) mass is 586 g/mol. The zero-order valence-electron chi connectivity index (χ0n) is 24.1. The molecule has 0 aliphatic carbocycles. The lowest BCUT2D eigenvalue weighted by Gasteiger charge is -2.24. The molecule has 0 radical (unpaired) electrons. The van der Waals surface area contributed by atoms with Crippen LogP contribution in [-0.4, -0.2) is 56.2 Å². The molecule has 0 saturated carbocycles. The molecule has 0 aliphatic rings. The molecule has 2 atom stereocenters. The van der Waals surface area contributed by atoms with Gasteiger partial charge in [-0.1, -0.05) is 26.0 Å². The van der Waals surface area contributed by atoms with Crippen LogP contribution in [0.3, 0.4) is 0 Å². The van der Waals surface area contributed by atoms with Gasteiger partial charge in [-0.15, -0.1) is 0 Å². The molecule has 0 bridgehead atoms. The zero-order valence-corrected chi connectivity index (χ0v) is 24.9. The second-order valence-electron chi connectivity index (χ2n) is 10.7. The molecule has 41 heavy (non-hydrogen) atoms. The first-order chi connectivity index (χ1) is 19.2. The molecule has 220 valence electrons. The van der Waals surface area contributed by atoms with Crippen molar-refractivity contribution in [3.05, 3.63) is 60.2 Å². The number of hydrogen-bond acceptors (Lipinski definition) is 9. The number of aromatic nitrogens is 3. The number of anilines is 2. The molecule has 0 saturated heterocycles. The van der Waals surface area contributed by atoms with Gasteiger partial charge in [0.05, 0.1) is 28.2 Å². The van der Waals surface area contributed by atoms with Crippen LogP contribution in [0.2, 0.25) is 0 Å². The third-order valence-electron chi connectivity index (χ3n) is 5.48. The van der Waals surface area contributed by atoms with Crippen LogP contribution >= 0.6 is 0 Å². The lowest BCUT2D eigenvalue weighted by molar-refractivity contribution is -0.120. The minimum Gasteiger partial charge on any atom is -0.496 e. The Bertz CT molecular complexity index is 1530. The van der Waals surface area contributed by atoms with Crippen molar-refractivity contribution in [1.82, 2.24) is 20.3 Å². The normalized spacial score (nSPS) is 13.6. The van der Waals surface area contributed by atoms with Gasteiger partial charge in [0.25, 0.3) is 5.91 Å². The lowest BCUT2D eigenvalue weighted by Crippen LogP contribution is -2.46. The summed E-state index contributed by atoms with van der Waals surface area (Å²) in [4.78, 5) is 37.9. The zero-order chi connectivity index (χ0) is 30.4. The smallest absolute Gasteiger partial charge is 0.408 e. The summed E-state index contributed by atoms with van der Waals surface area (Å²) in [6.45, 7) is 8.65. The SMILES string of the molecule is COc1cc(F)ccc1-c1ncnc(Nc2cccc(CS(C)(=O)=NC(=O)C(NC(=O)OC(C)(C)C)C(C)C)c2)n1. The largest absolute Gasteiger partial charge is 0.496 e. The fourth-order valence-electron chi connectivity index (χ4n) is 3.74. The Morgan fingerprint density at radius 2 is 1.85 bits per heavy atom. The van der Waals surface area contributed by atoms with Gasteiger partial charge in [-0.3, -0.25) is 4.79 Å². The highest BCUT2D eigenvalue weighted by atomic mass is 32.2. The van der Waals surface area contributed by atoms with Gasteiger partial charge in [0.1, 0.15) is 29.5 Å². The molecule has 2 amide bonds. The van der Waals surface area contributed by atoms with E-state index in [0.717, 1.165) is 0 Å². The molecule has 1 aromatic heterocycles. The molecule has 2 unspecified atom stereocenters. The maximum atomic E-state index is 13.6. The number of carbonyl (C=O) groups excluding carboxylic acids is 2. The summed E-state index contributed by atoms with van der Waals surface area (Å²) in [5, 5.41) is 5.61. The van der Waals surface area contributed by atoms with Crippen LogP contribution in [0.4, 0.5) is 20.8 Å². The quantitative estimate of drug-likeness (QED) is 0.350. The van der Waals surface area contributed by atoms with E-state index in [0.29, 0.717) is 16.8 Å². The average Bonchev–Trinajstić information content (AvgIpc) is 2.85. The molecule has 1 heterocycles. The van der Waals surface area contributed by atoms with Gasteiger partial charge in [0.15, 0.2) is 5.82 Å². The van der Waals surface area contributed by atoms with E-state index in [1.807, 2.05) is 0 Å². The van der Waals surface area contributed by atoms with Gasteiger partial charge < -0.3 is 20.1 Å². The van der Waals surface area contributed by atoms with Gasteiger partial charge in [0.2, 0.25) is 5.95 Å². The number of carbonyl (C=O) groups is 2. The van der Waals surface area contributed by atoms with Crippen molar-refractivity contribution >= 4 is 33.4 Å². The third-order valence-corrected chi connectivity index (χ3v) is 6.92. The van der Waals surface area contributed by atoms with E-state index in [1.54, 1.807) is 58.9 Å². The first-order valence-corrected chi connectivity index (χ1v) is 14.9. The van der Waals surface area contributed by atoms with Gasteiger partial charge in [0, 0.05) is 18.0 Å². The molecular formula is C28H35FN6O5S. The predicted octanol–water partition coefficient (Wildman–Crippen LogP) is 5.10. The highest BCUT2D eigenvalue weighted by Gasteiger charge is 2.27. The summed E-state index contributed by atoms with van der Waals surface area (Å²) in [5.41, 5.74) is 0.999. The molecule has 0 spiro atoms. The van der Waals surface area contributed by atoms with Crippen molar-refractivity contribution in [2.45, 2.75) is 52.0 Å². The van der Waals surface area contributed by atoms with E-state index in [1.165, 1.54) is 37.9 Å². The van der Waals surface area contributed by atoms with Crippen molar-refractivity contribution in [3.8, 4) is 17.1 Å². The second kappa shape index (κ2) is 13.0. The molecule has 3 rings (SSSR count).